The number of anilines is 3. The van der Waals surface area contributed by atoms with Crippen LogP contribution in [0.3, 0.4) is 0 Å². The van der Waals surface area contributed by atoms with Crippen molar-refractivity contribution in [3.63, 3.8) is 0 Å². The first-order valence-corrected chi connectivity index (χ1v) is 21.0. The Morgan fingerprint density at radius 3 is 1.81 bits per heavy atom. The van der Waals surface area contributed by atoms with E-state index in [1.54, 1.807) is 0 Å². The molecule has 59 heavy (non-hydrogen) atoms. The van der Waals surface area contributed by atoms with Crippen molar-refractivity contribution < 1.29 is 0 Å². The minimum Gasteiger partial charge on any atom is -0.310 e. The predicted molar refractivity (Wildman–Crippen MR) is 254 cm³/mol. The smallest absolute Gasteiger partial charge is 0.0542 e. The normalized spacial score (nSPS) is 11.7. The van der Waals surface area contributed by atoms with Crippen LogP contribution in [0.15, 0.2) is 218 Å². The summed E-state index contributed by atoms with van der Waals surface area (Å²) in [6.45, 7) is 0. The lowest BCUT2D eigenvalue weighted by Crippen LogP contribution is -2.10. The second-order valence-corrected chi connectivity index (χ2v) is 16.4. The molecule has 0 aliphatic rings. The van der Waals surface area contributed by atoms with Gasteiger partial charge in [0.1, 0.15) is 0 Å². The van der Waals surface area contributed by atoms with E-state index in [2.05, 4.69) is 228 Å². The van der Waals surface area contributed by atoms with E-state index < -0.39 is 0 Å². The molecule has 0 amide bonds. The number of hydrogen-bond donors (Lipinski definition) is 0. The van der Waals surface area contributed by atoms with Crippen LogP contribution in [0.1, 0.15) is 0 Å². The third-order valence-electron chi connectivity index (χ3n) is 11.9. The number of fused-ring (bicyclic) bond motifs is 9. The van der Waals surface area contributed by atoms with Crippen molar-refractivity contribution in [2.75, 3.05) is 4.90 Å². The number of benzene rings is 10. The molecule has 2 aromatic heterocycles. The van der Waals surface area contributed by atoms with Crippen LogP contribution in [0.5, 0.6) is 0 Å². The van der Waals surface area contributed by atoms with E-state index in [1.807, 2.05) is 11.3 Å². The van der Waals surface area contributed by atoms with E-state index in [1.165, 1.54) is 85.8 Å². The molecule has 0 unspecified atom stereocenters. The van der Waals surface area contributed by atoms with Crippen LogP contribution in [-0.4, -0.2) is 4.57 Å². The Bertz CT molecular complexity index is 3560. The molecule has 276 valence electrons. The van der Waals surface area contributed by atoms with Crippen LogP contribution in [-0.2, 0) is 0 Å². The van der Waals surface area contributed by atoms with Gasteiger partial charge in [-0.1, -0.05) is 140 Å². The fourth-order valence-corrected chi connectivity index (χ4v) is 10.3. The first-order valence-electron chi connectivity index (χ1n) is 20.2. The second kappa shape index (κ2) is 13.6. The molecular formula is C56H36N2S. The van der Waals surface area contributed by atoms with Gasteiger partial charge in [0, 0.05) is 53.7 Å². The number of hydrogen-bond acceptors (Lipinski definition) is 2. The Morgan fingerprint density at radius 1 is 0.339 bits per heavy atom. The number of thiophene rings is 1. The summed E-state index contributed by atoms with van der Waals surface area (Å²) in [7, 11) is 0. The van der Waals surface area contributed by atoms with Gasteiger partial charge in [-0.15, -0.1) is 11.3 Å². The SMILES string of the molecule is c1ccc(-c2cccc(-c3cc(N(c4ccc5sc6ccc7ccccc7c6c5c4)c4ccc5c(c4)c4ccccc4n5-c4ccccc4)cc4ccccc34)c2)cc1. The van der Waals surface area contributed by atoms with Gasteiger partial charge >= 0.3 is 0 Å². The lowest BCUT2D eigenvalue weighted by molar-refractivity contribution is 1.18. The topological polar surface area (TPSA) is 8.17 Å². The first kappa shape index (κ1) is 33.7. The molecule has 2 nitrogen and oxygen atoms in total. The minimum absolute atomic E-state index is 1.11. The molecule has 0 spiro atoms. The summed E-state index contributed by atoms with van der Waals surface area (Å²) in [5, 5.41) is 10.0. The number of rotatable bonds is 6. The summed E-state index contributed by atoms with van der Waals surface area (Å²) >= 11 is 1.87. The summed E-state index contributed by atoms with van der Waals surface area (Å²) in [5.74, 6) is 0. The Balaban J connectivity index is 1.13. The highest BCUT2D eigenvalue weighted by Gasteiger charge is 2.21. The fraction of sp³-hybridized carbons (Fsp3) is 0. The molecule has 0 atom stereocenters. The van der Waals surface area contributed by atoms with Crippen LogP contribution in [0.2, 0.25) is 0 Å². The molecule has 12 aromatic rings. The maximum Gasteiger partial charge on any atom is 0.0542 e. The Kier molecular flexibility index (Phi) is 7.75. The Morgan fingerprint density at radius 2 is 0.966 bits per heavy atom. The number of aromatic nitrogens is 1. The highest BCUT2D eigenvalue weighted by Crippen LogP contribution is 2.46. The molecule has 3 heteroatoms. The molecule has 0 radical (unpaired) electrons. The Hall–Kier alpha value is -7.46. The van der Waals surface area contributed by atoms with Crippen molar-refractivity contribution in [1.29, 1.82) is 0 Å². The number of para-hydroxylation sites is 2. The van der Waals surface area contributed by atoms with Gasteiger partial charge in [0.2, 0.25) is 0 Å². The molecule has 0 N–H and O–H groups in total. The third kappa shape index (κ3) is 5.55. The molecular weight excluding hydrogens is 733 g/mol. The minimum atomic E-state index is 1.11. The van der Waals surface area contributed by atoms with Crippen LogP contribution < -0.4 is 4.90 Å². The molecule has 0 saturated heterocycles. The average molecular weight is 769 g/mol. The van der Waals surface area contributed by atoms with Crippen molar-refractivity contribution in [1.82, 2.24) is 4.57 Å². The van der Waals surface area contributed by atoms with Gasteiger partial charge in [-0.3, -0.25) is 0 Å². The van der Waals surface area contributed by atoms with Crippen molar-refractivity contribution in [2.24, 2.45) is 0 Å². The van der Waals surface area contributed by atoms with Crippen LogP contribution >= 0.6 is 11.3 Å². The summed E-state index contributed by atoms with van der Waals surface area (Å²) in [6.07, 6.45) is 0. The van der Waals surface area contributed by atoms with Crippen molar-refractivity contribution in [3.8, 4) is 27.9 Å². The molecule has 0 aliphatic heterocycles. The maximum absolute atomic E-state index is 2.47. The van der Waals surface area contributed by atoms with Gasteiger partial charge in [0.25, 0.3) is 0 Å². The molecule has 0 aliphatic carbocycles. The van der Waals surface area contributed by atoms with Gasteiger partial charge in [-0.2, -0.15) is 0 Å². The second-order valence-electron chi connectivity index (χ2n) is 15.3. The van der Waals surface area contributed by atoms with E-state index in [9.17, 15) is 0 Å². The lowest BCUT2D eigenvalue weighted by atomic mass is 9.94. The highest BCUT2D eigenvalue weighted by molar-refractivity contribution is 7.26. The molecule has 0 bridgehead atoms. The summed E-state index contributed by atoms with van der Waals surface area (Å²) in [4.78, 5) is 2.47. The third-order valence-corrected chi connectivity index (χ3v) is 13.1. The van der Waals surface area contributed by atoms with E-state index in [-0.39, 0.29) is 0 Å². The zero-order valence-corrected chi connectivity index (χ0v) is 32.9. The Labute approximate surface area is 346 Å². The van der Waals surface area contributed by atoms with Gasteiger partial charge in [0.15, 0.2) is 0 Å². The van der Waals surface area contributed by atoms with Crippen molar-refractivity contribution >= 4 is 91.9 Å². The highest BCUT2D eigenvalue weighted by atomic mass is 32.1. The largest absolute Gasteiger partial charge is 0.310 e. The zero-order valence-electron chi connectivity index (χ0n) is 32.1. The van der Waals surface area contributed by atoms with Crippen LogP contribution in [0, 0.1) is 0 Å². The van der Waals surface area contributed by atoms with Crippen LogP contribution in [0.4, 0.5) is 17.1 Å². The quantitative estimate of drug-likeness (QED) is 0.164. The van der Waals surface area contributed by atoms with Gasteiger partial charge < -0.3 is 9.47 Å². The van der Waals surface area contributed by atoms with E-state index >= 15 is 0 Å². The molecule has 12 rings (SSSR count). The zero-order chi connectivity index (χ0) is 38.9. The molecule has 0 saturated carbocycles. The van der Waals surface area contributed by atoms with E-state index in [0.29, 0.717) is 0 Å². The molecule has 10 aromatic carbocycles. The monoisotopic (exact) mass is 768 g/mol. The average Bonchev–Trinajstić information content (AvgIpc) is 3.85. The molecule has 0 fully saturated rings. The first-order chi connectivity index (χ1) is 29.2. The van der Waals surface area contributed by atoms with Crippen molar-refractivity contribution in [3.05, 3.63) is 218 Å². The lowest BCUT2D eigenvalue weighted by Gasteiger charge is -2.27. The maximum atomic E-state index is 2.47. The van der Waals surface area contributed by atoms with E-state index in [0.717, 1.165) is 22.7 Å². The summed E-state index contributed by atoms with van der Waals surface area (Å²) in [6, 6.07) is 80.1. The summed E-state index contributed by atoms with van der Waals surface area (Å²) < 4.78 is 4.99. The van der Waals surface area contributed by atoms with Gasteiger partial charge in [-0.05, 0) is 123 Å². The fourth-order valence-electron chi connectivity index (χ4n) is 9.24. The predicted octanol–water partition coefficient (Wildman–Crippen LogP) is 16.3. The van der Waals surface area contributed by atoms with Gasteiger partial charge in [-0.25, -0.2) is 0 Å². The summed E-state index contributed by atoms with van der Waals surface area (Å²) in [5.41, 5.74) is 11.7. The van der Waals surface area contributed by atoms with Crippen LogP contribution in [0.25, 0.3) is 91.5 Å². The van der Waals surface area contributed by atoms with Gasteiger partial charge in [0.05, 0.1) is 11.0 Å². The van der Waals surface area contributed by atoms with Crippen molar-refractivity contribution in [2.45, 2.75) is 0 Å². The van der Waals surface area contributed by atoms with E-state index in [4.69, 9.17) is 0 Å². The standard InChI is InChI=1S/C56H36N2S/c1-3-14-37(15-4-1)39-18-13-19-40(32-39)49-36-45(33-41-17-8-9-22-46(41)49)57(44-28-31-54-51(35-44)56-47-23-10-7-16-38(47)26-30-55(56)59-54)43-27-29-53-50(34-43)48-24-11-12-25-52(48)58(53)42-20-5-2-6-21-42/h1-36H. The molecule has 2 heterocycles. The number of nitrogens with zero attached hydrogens (tertiary/aromatic N) is 2.